The minimum Gasteiger partial charge on any atom is -0.352 e. The Balaban J connectivity index is 1.83. The van der Waals surface area contributed by atoms with Gasteiger partial charge in [-0.3, -0.25) is 4.79 Å². The number of hydrogen-bond donors (Lipinski definition) is 2. The van der Waals surface area contributed by atoms with Gasteiger partial charge in [0.25, 0.3) is 0 Å². The number of piperidine rings is 1. The number of carbonyl (C=O) groups excluding carboxylic acids is 1. The van der Waals surface area contributed by atoms with E-state index < -0.39 is 0 Å². The molecular weight excluding hydrogens is 224 g/mol. The van der Waals surface area contributed by atoms with E-state index in [1.54, 1.807) is 0 Å². The number of carbonyl (C=O) groups is 1. The van der Waals surface area contributed by atoms with Gasteiger partial charge in [-0.15, -0.1) is 0 Å². The zero-order chi connectivity index (χ0) is 13.2. The molecule has 1 aliphatic heterocycles. The first-order valence-corrected chi connectivity index (χ1v) is 7.50. The second-order valence-electron chi connectivity index (χ2n) is 7.10. The van der Waals surface area contributed by atoms with Crippen molar-refractivity contribution in [2.45, 2.75) is 71.4 Å². The highest BCUT2D eigenvalue weighted by molar-refractivity contribution is 5.82. The summed E-state index contributed by atoms with van der Waals surface area (Å²) >= 11 is 0. The lowest BCUT2D eigenvalue weighted by atomic mass is 9.75. The molecule has 0 bridgehead atoms. The Kier molecular flexibility index (Phi) is 4.31. The molecule has 1 heterocycles. The summed E-state index contributed by atoms with van der Waals surface area (Å²) in [5, 5.41) is 6.61. The highest BCUT2D eigenvalue weighted by atomic mass is 16.2. The minimum atomic E-state index is 0.0405. The van der Waals surface area contributed by atoms with Crippen LogP contribution in [0.15, 0.2) is 0 Å². The van der Waals surface area contributed by atoms with E-state index >= 15 is 0 Å². The summed E-state index contributed by atoms with van der Waals surface area (Å²) in [4.78, 5) is 12.2. The third-order valence-corrected chi connectivity index (χ3v) is 4.53. The van der Waals surface area contributed by atoms with E-state index in [-0.39, 0.29) is 11.9 Å². The molecule has 0 aromatic heterocycles. The molecule has 1 saturated carbocycles. The standard InChI is InChI=1S/C15H28N2O/c1-11-6-8-16-13(9-11)14(18)17-12-5-4-7-15(2,3)10-12/h11-13,16H,4-10H2,1-3H3,(H,17,18). The van der Waals surface area contributed by atoms with Crippen LogP contribution >= 0.6 is 0 Å². The van der Waals surface area contributed by atoms with Crippen molar-refractivity contribution in [2.24, 2.45) is 11.3 Å². The van der Waals surface area contributed by atoms with Crippen LogP contribution in [0.1, 0.15) is 59.3 Å². The fraction of sp³-hybridized carbons (Fsp3) is 0.933. The minimum absolute atomic E-state index is 0.0405. The molecule has 2 aliphatic rings. The van der Waals surface area contributed by atoms with Crippen molar-refractivity contribution < 1.29 is 4.79 Å². The fourth-order valence-electron chi connectivity index (χ4n) is 3.43. The third-order valence-electron chi connectivity index (χ3n) is 4.53. The zero-order valence-electron chi connectivity index (χ0n) is 12.1. The van der Waals surface area contributed by atoms with Crippen LogP contribution in [-0.2, 0) is 4.79 Å². The lowest BCUT2D eigenvalue weighted by molar-refractivity contribution is -0.125. The average molecular weight is 252 g/mol. The van der Waals surface area contributed by atoms with Crippen LogP contribution in [0, 0.1) is 11.3 Å². The smallest absolute Gasteiger partial charge is 0.237 e. The van der Waals surface area contributed by atoms with Gasteiger partial charge in [-0.1, -0.05) is 27.2 Å². The van der Waals surface area contributed by atoms with Gasteiger partial charge >= 0.3 is 0 Å². The summed E-state index contributed by atoms with van der Waals surface area (Å²) in [5.74, 6) is 0.897. The van der Waals surface area contributed by atoms with Crippen molar-refractivity contribution in [2.75, 3.05) is 6.54 Å². The predicted molar refractivity (Wildman–Crippen MR) is 74.4 cm³/mol. The Bertz CT molecular complexity index is 301. The SMILES string of the molecule is CC1CCNC(C(=O)NC2CCCC(C)(C)C2)C1. The van der Waals surface area contributed by atoms with E-state index in [4.69, 9.17) is 0 Å². The van der Waals surface area contributed by atoms with Crippen LogP contribution in [0.2, 0.25) is 0 Å². The van der Waals surface area contributed by atoms with Crippen molar-refractivity contribution >= 4 is 5.91 Å². The van der Waals surface area contributed by atoms with Crippen molar-refractivity contribution in [3.63, 3.8) is 0 Å². The molecule has 1 aliphatic carbocycles. The van der Waals surface area contributed by atoms with Gasteiger partial charge in [0.2, 0.25) is 5.91 Å². The van der Waals surface area contributed by atoms with Crippen LogP contribution in [0.5, 0.6) is 0 Å². The fourth-order valence-corrected chi connectivity index (χ4v) is 3.43. The molecule has 18 heavy (non-hydrogen) atoms. The lowest BCUT2D eigenvalue weighted by Crippen LogP contribution is -2.52. The highest BCUT2D eigenvalue weighted by Crippen LogP contribution is 2.35. The van der Waals surface area contributed by atoms with Crippen LogP contribution in [0.3, 0.4) is 0 Å². The first kappa shape index (κ1) is 13.9. The zero-order valence-corrected chi connectivity index (χ0v) is 12.1. The molecule has 3 heteroatoms. The van der Waals surface area contributed by atoms with Crippen LogP contribution in [0.25, 0.3) is 0 Å². The van der Waals surface area contributed by atoms with Crippen LogP contribution in [0.4, 0.5) is 0 Å². The quantitative estimate of drug-likeness (QED) is 0.792. The normalized spacial score (nSPS) is 36.1. The molecule has 2 N–H and O–H groups in total. The number of amides is 1. The summed E-state index contributed by atoms with van der Waals surface area (Å²) in [5.41, 5.74) is 0.392. The Labute approximate surface area is 111 Å². The van der Waals surface area contributed by atoms with E-state index in [1.165, 1.54) is 19.3 Å². The van der Waals surface area contributed by atoms with E-state index in [0.29, 0.717) is 17.4 Å². The van der Waals surface area contributed by atoms with Gasteiger partial charge in [0.15, 0.2) is 0 Å². The monoisotopic (exact) mass is 252 g/mol. The first-order valence-electron chi connectivity index (χ1n) is 7.50. The van der Waals surface area contributed by atoms with Crippen molar-refractivity contribution in [3.05, 3.63) is 0 Å². The molecule has 104 valence electrons. The number of rotatable bonds is 2. The van der Waals surface area contributed by atoms with Crippen LogP contribution < -0.4 is 10.6 Å². The highest BCUT2D eigenvalue weighted by Gasteiger charge is 2.31. The summed E-state index contributed by atoms with van der Waals surface area (Å²) in [6.07, 6.45) is 6.99. The van der Waals surface area contributed by atoms with Crippen molar-refractivity contribution in [1.82, 2.24) is 10.6 Å². The summed E-state index contributed by atoms with van der Waals surface area (Å²) in [7, 11) is 0. The van der Waals surface area contributed by atoms with Gasteiger partial charge < -0.3 is 10.6 Å². The Morgan fingerprint density at radius 3 is 2.78 bits per heavy atom. The molecule has 0 spiro atoms. The summed E-state index contributed by atoms with van der Waals surface area (Å²) in [6, 6.07) is 0.430. The van der Waals surface area contributed by atoms with Crippen LogP contribution in [-0.4, -0.2) is 24.5 Å². The van der Waals surface area contributed by atoms with Gasteiger partial charge in [-0.25, -0.2) is 0 Å². The maximum Gasteiger partial charge on any atom is 0.237 e. The average Bonchev–Trinajstić information content (AvgIpc) is 2.27. The third kappa shape index (κ3) is 3.71. The van der Waals surface area contributed by atoms with Gasteiger partial charge in [0, 0.05) is 6.04 Å². The molecule has 0 aromatic carbocycles. The number of nitrogens with one attached hydrogen (secondary N) is 2. The van der Waals surface area contributed by atoms with E-state index in [9.17, 15) is 4.79 Å². The molecule has 0 aromatic rings. The maximum atomic E-state index is 12.2. The molecule has 1 amide bonds. The van der Waals surface area contributed by atoms with Crippen molar-refractivity contribution in [1.29, 1.82) is 0 Å². The van der Waals surface area contributed by atoms with Gasteiger partial charge in [-0.05, 0) is 50.0 Å². The van der Waals surface area contributed by atoms with E-state index in [2.05, 4.69) is 31.4 Å². The van der Waals surface area contributed by atoms with Gasteiger partial charge in [0.05, 0.1) is 6.04 Å². The molecule has 2 rings (SSSR count). The second-order valence-corrected chi connectivity index (χ2v) is 7.10. The lowest BCUT2D eigenvalue weighted by Gasteiger charge is -2.37. The predicted octanol–water partition coefficient (Wildman–Crippen LogP) is 2.46. The first-order chi connectivity index (χ1) is 8.46. The maximum absolute atomic E-state index is 12.2. The Morgan fingerprint density at radius 2 is 2.11 bits per heavy atom. The van der Waals surface area contributed by atoms with E-state index in [1.807, 2.05) is 0 Å². The number of hydrogen-bond acceptors (Lipinski definition) is 2. The molecule has 3 nitrogen and oxygen atoms in total. The Hall–Kier alpha value is -0.570. The molecule has 3 atom stereocenters. The van der Waals surface area contributed by atoms with E-state index in [0.717, 1.165) is 25.8 Å². The summed E-state index contributed by atoms with van der Waals surface area (Å²) < 4.78 is 0. The Morgan fingerprint density at radius 1 is 1.33 bits per heavy atom. The molecule has 0 radical (unpaired) electrons. The molecule has 3 unspecified atom stereocenters. The molecule has 2 fully saturated rings. The second kappa shape index (κ2) is 5.60. The van der Waals surface area contributed by atoms with Gasteiger partial charge in [-0.2, -0.15) is 0 Å². The molecule has 1 saturated heterocycles. The van der Waals surface area contributed by atoms with Gasteiger partial charge in [0.1, 0.15) is 0 Å². The van der Waals surface area contributed by atoms with Crippen molar-refractivity contribution in [3.8, 4) is 0 Å². The summed E-state index contributed by atoms with van der Waals surface area (Å²) in [6.45, 7) is 7.85. The molecular formula is C15H28N2O. The topological polar surface area (TPSA) is 41.1 Å². The largest absolute Gasteiger partial charge is 0.352 e.